The standard InChI is InChI=1S/C22H26N2O4/c1-16-6-4-7-17(14-16)21(25)23-10-5-11-24(13-12-23)22(26)18-8-9-19(27-2)20(15-18)28-3/h4,6-9,14-15H,5,10-13H2,1-3H3. The van der Waals surface area contributed by atoms with Crippen LogP contribution >= 0.6 is 0 Å². The van der Waals surface area contributed by atoms with E-state index in [2.05, 4.69) is 0 Å². The predicted molar refractivity (Wildman–Crippen MR) is 107 cm³/mol. The van der Waals surface area contributed by atoms with Gasteiger partial charge in [0.05, 0.1) is 14.2 Å². The molecular formula is C22H26N2O4. The number of aryl methyl sites for hydroxylation is 1. The largest absolute Gasteiger partial charge is 0.493 e. The molecule has 0 N–H and O–H groups in total. The SMILES string of the molecule is COc1ccc(C(=O)N2CCCN(C(=O)c3cccc(C)c3)CC2)cc1OC. The van der Waals surface area contributed by atoms with Gasteiger partial charge in [0, 0.05) is 37.3 Å². The number of ether oxygens (including phenoxy) is 2. The number of carbonyl (C=O) groups excluding carboxylic acids is 2. The van der Waals surface area contributed by atoms with Crippen molar-refractivity contribution < 1.29 is 19.1 Å². The topological polar surface area (TPSA) is 59.1 Å². The first-order chi connectivity index (χ1) is 13.5. The highest BCUT2D eigenvalue weighted by Crippen LogP contribution is 2.28. The molecule has 1 aliphatic rings. The minimum atomic E-state index is -0.0641. The van der Waals surface area contributed by atoms with E-state index in [1.165, 1.54) is 0 Å². The molecule has 2 aromatic rings. The Hall–Kier alpha value is -3.02. The fourth-order valence-corrected chi connectivity index (χ4v) is 3.44. The molecule has 1 fully saturated rings. The van der Waals surface area contributed by atoms with Gasteiger partial charge >= 0.3 is 0 Å². The Morgan fingerprint density at radius 1 is 0.786 bits per heavy atom. The Bertz CT molecular complexity index is 865. The van der Waals surface area contributed by atoms with Crippen LogP contribution in [0.25, 0.3) is 0 Å². The molecule has 1 heterocycles. The van der Waals surface area contributed by atoms with Gasteiger partial charge in [-0.15, -0.1) is 0 Å². The molecule has 1 saturated heterocycles. The van der Waals surface area contributed by atoms with Crippen LogP contribution in [-0.4, -0.2) is 62.0 Å². The van der Waals surface area contributed by atoms with Gasteiger partial charge in [0.2, 0.25) is 0 Å². The van der Waals surface area contributed by atoms with Crippen LogP contribution in [0.2, 0.25) is 0 Å². The second kappa shape index (κ2) is 8.78. The third-order valence-corrected chi connectivity index (χ3v) is 4.97. The summed E-state index contributed by atoms with van der Waals surface area (Å²) in [6.45, 7) is 4.26. The molecule has 0 saturated carbocycles. The van der Waals surface area contributed by atoms with E-state index in [0.29, 0.717) is 48.8 Å². The highest BCUT2D eigenvalue weighted by Gasteiger charge is 2.24. The third kappa shape index (κ3) is 4.27. The summed E-state index contributed by atoms with van der Waals surface area (Å²) in [7, 11) is 3.11. The lowest BCUT2D eigenvalue weighted by atomic mass is 10.1. The number of nitrogens with zero attached hydrogens (tertiary/aromatic N) is 2. The lowest BCUT2D eigenvalue weighted by Gasteiger charge is -2.22. The smallest absolute Gasteiger partial charge is 0.254 e. The number of hydrogen-bond acceptors (Lipinski definition) is 4. The third-order valence-electron chi connectivity index (χ3n) is 4.97. The van der Waals surface area contributed by atoms with Crippen molar-refractivity contribution in [1.82, 2.24) is 9.80 Å². The van der Waals surface area contributed by atoms with Crippen LogP contribution in [0.15, 0.2) is 42.5 Å². The number of rotatable bonds is 4. The van der Waals surface area contributed by atoms with Crippen LogP contribution in [0.1, 0.15) is 32.7 Å². The van der Waals surface area contributed by atoms with E-state index in [1.54, 1.807) is 37.3 Å². The Labute approximate surface area is 165 Å². The maximum atomic E-state index is 12.9. The molecule has 0 atom stereocenters. The minimum absolute atomic E-state index is 0.0177. The Morgan fingerprint density at radius 3 is 1.96 bits per heavy atom. The van der Waals surface area contributed by atoms with E-state index in [4.69, 9.17) is 9.47 Å². The van der Waals surface area contributed by atoms with E-state index < -0.39 is 0 Å². The van der Waals surface area contributed by atoms with Gasteiger partial charge in [0.25, 0.3) is 11.8 Å². The molecule has 0 unspecified atom stereocenters. The zero-order valence-electron chi connectivity index (χ0n) is 16.6. The maximum Gasteiger partial charge on any atom is 0.254 e. The van der Waals surface area contributed by atoms with Crippen molar-refractivity contribution in [3.63, 3.8) is 0 Å². The van der Waals surface area contributed by atoms with Crippen molar-refractivity contribution in [3.05, 3.63) is 59.2 Å². The van der Waals surface area contributed by atoms with Gasteiger partial charge in [-0.1, -0.05) is 17.7 Å². The molecule has 2 amide bonds. The van der Waals surface area contributed by atoms with Gasteiger partial charge in [0.1, 0.15) is 0 Å². The van der Waals surface area contributed by atoms with Crippen LogP contribution in [0.5, 0.6) is 11.5 Å². The van der Waals surface area contributed by atoms with E-state index in [1.807, 2.05) is 36.1 Å². The fraction of sp³-hybridized carbons (Fsp3) is 0.364. The Morgan fingerprint density at radius 2 is 1.39 bits per heavy atom. The molecule has 0 spiro atoms. The molecule has 2 aromatic carbocycles. The molecular weight excluding hydrogens is 356 g/mol. The van der Waals surface area contributed by atoms with E-state index in [0.717, 1.165) is 12.0 Å². The molecule has 28 heavy (non-hydrogen) atoms. The highest BCUT2D eigenvalue weighted by molar-refractivity contribution is 5.96. The maximum absolute atomic E-state index is 12.9. The normalized spacial score (nSPS) is 14.4. The number of amides is 2. The first-order valence-corrected chi connectivity index (χ1v) is 9.40. The fourth-order valence-electron chi connectivity index (χ4n) is 3.44. The van der Waals surface area contributed by atoms with Gasteiger partial charge in [-0.25, -0.2) is 0 Å². The van der Waals surface area contributed by atoms with Crippen molar-refractivity contribution in [2.45, 2.75) is 13.3 Å². The molecule has 6 nitrogen and oxygen atoms in total. The van der Waals surface area contributed by atoms with Crippen LogP contribution in [-0.2, 0) is 0 Å². The molecule has 0 bridgehead atoms. The predicted octanol–water partition coefficient (Wildman–Crippen LogP) is 3.00. The van der Waals surface area contributed by atoms with Crippen molar-refractivity contribution in [2.24, 2.45) is 0 Å². The Kier molecular flexibility index (Phi) is 6.19. The summed E-state index contributed by atoms with van der Waals surface area (Å²) >= 11 is 0. The first kappa shape index (κ1) is 19.7. The van der Waals surface area contributed by atoms with E-state index >= 15 is 0 Å². The van der Waals surface area contributed by atoms with Gasteiger partial charge < -0.3 is 19.3 Å². The van der Waals surface area contributed by atoms with Gasteiger partial charge in [-0.3, -0.25) is 9.59 Å². The quantitative estimate of drug-likeness (QED) is 0.816. The molecule has 3 rings (SSSR count). The minimum Gasteiger partial charge on any atom is -0.493 e. The second-order valence-electron chi connectivity index (χ2n) is 6.88. The summed E-state index contributed by atoms with van der Waals surface area (Å²) in [6.07, 6.45) is 0.747. The van der Waals surface area contributed by atoms with Gasteiger partial charge in [0.15, 0.2) is 11.5 Å². The summed E-state index contributed by atoms with van der Waals surface area (Å²) in [4.78, 5) is 29.4. The zero-order chi connectivity index (χ0) is 20.1. The van der Waals surface area contributed by atoms with Crippen molar-refractivity contribution >= 4 is 11.8 Å². The van der Waals surface area contributed by atoms with Crippen LogP contribution in [0.4, 0.5) is 0 Å². The van der Waals surface area contributed by atoms with Crippen molar-refractivity contribution in [2.75, 3.05) is 40.4 Å². The van der Waals surface area contributed by atoms with Crippen LogP contribution in [0, 0.1) is 6.92 Å². The number of carbonyl (C=O) groups is 2. The number of methoxy groups -OCH3 is 2. The van der Waals surface area contributed by atoms with Crippen molar-refractivity contribution in [3.8, 4) is 11.5 Å². The molecule has 0 aromatic heterocycles. The molecule has 1 aliphatic heterocycles. The van der Waals surface area contributed by atoms with E-state index in [-0.39, 0.29) is 11.8 Å². The molecule has 148 valence electrons. The van der Waals surface area contributed by atoms with Crippen LogP contribution in [0.3, 0.4) is 0 Å². The summed E-state index contributed by atoms with van der Waals surface area (Å²) in [5, 5.41) is 0. The average molecular weight is 382 g/mol. The Balaban J connectivity index is 1.69. The van der Waals surface area contributed by atoms with Gasteiger partial charge in [-0.2, -0.15) is 0 Å². The highest BCUT2D eigenvalue weighted by atomic mass is 16.5. The number of hydrogen-bond donors (Lipinski definition) is 0. The zero-order valence-corrected chi connectivity index (χ0v) is 16.6. The summed E-state index contributed by atoms with van der Waals surface area (Å²) < 4.78 is 10.5. The van der Waals surface area contributed by atoms with Crippen LogP contribution < -0.4 is 9.47 Å². The summed E-state index contributed by atoms with van der Waals surface area (Å²) in [5.41, 5.74) is 2.31. The average Bonchev–Trinajstić information content (AvgIpc) is 2.98. The summed E-state index contributed by atoms with van der Waals surface area (Å²) in [6, 6.07) is 12.8. The molecule has 0 radical (unpaired) electrons. The van der Waals surface area contributed by atoms with Crippen molar-refractivity contribution in [1.29, 1.82) is 0 Å². The lowest BCUT2D eigenvalue weighted by molar-refractivity contribution is 0.0718. The monoisotopic (exact) mass is 382 g/mol. The molecule has 0 aliphatic carbocycles. The lowest BCUT2D eigenvalue weighted by Crippen LogP contribution is -2.37. The number of benzene rings is 2. The second-order valence-corrected chi connectivity index (χ2v) is 6.88. The van der Waals surface area contributed by atoms with E-state index in [9.17, 15) is 9.59 Å². The van der Waals surface area contributed by atoms with Gasteiger partial charge in [-0.05, 0) is 43.7 Å². The first-order valence-electron chi connectivity index (χ1n) is 9.40. The summed E-state index contributed by atoms with van der Waals surface area (Å²) in [5.74, 6) is 1.07. The molecule has 6 heteroatoms.